The number of carbonyl (C=O) groups excluding carboxylic acids is 2. The Labute approximate surface area is 249 Å². The number of ether oxygens (including phenoxy) is 2. The summed E-state index contributed by atoms with van der Waals surface area (Å²) >= 11 is 0.573. The van der Waals surface area contributed by atoms with Gasteiger partial charge in [0.1, 0.15) is 6.61 Å². The summed E-state index contributed by atoms with van der Waals surface area (Å²) in [5.74, 6) is -0.719. The van der Waals surface area contributed by atoms with E-state index >= 15 is 0 Å². The molecule has 1 N–H and O–H groups in total. The zero-order chi connectivity index (χ0) is 31.2. The number of alkyl halides is 6. The molecule has 4 rings (SSSR count). The first-order valence-electron chi connectivity index (χ1n) is 13.5. The second-order valence-electron chi connectivity index (χ2n) is 10.0. The van der Waals surface area contributed by atoms with Crippen molar-refractivity contribution in [1.29, 1.82) is 0 Å². The van der Waals surface area contributed by atoms with Gasteiger partial charge in [-0.25, -0.2) is 0 Å². The summed E-state index contributed by atoms with van der Waals surface area (Å²) in [6, 6.07) is 8.37. The van der Waals surface area contributed by atoms with Crippen molar-refractivity contribution in [3.63, 3.8) is 0 Å². The Bertz CT molecular complexity index is 1320. The van der Waals surface area contributed by atoms with Crippen LogP contribution in [-0.4, -0.2) is 80.8 Å². The summed E-state index contributed by atoms with van der Waals surface area (Å²) in [5.41, 5.74) is -3.81. The molecule has 0 bridgehead atoms. The molecule has 0 unspecified atom stereocenters. The molecule has 0 saturated carbocycles. The summed E-state index contributed by atoms with van der Waals surface area (Å²) in [6.07, 6.45) is -7.74. The number of hydrogen-bond donors (Lipinski definition) is 1. The fourth-order valence-corrected chi connectivity index (χ4v) is 6.00. The second kappa shape index (κ2) is 14.0. The minimum absolute atomic E-state index is 0.000608. The van der Waals surface area contributed by atoms with E-state index in [9.17, 15) is 35.9 Å². The summed E-state index contributed by atoms with van der Waals surface area (Å²) in [5, 5.41) is 3.30. The molecule has 0 atom stereocenters. The third kappa shape index (κ3) is 8.67. The molecule has 0 aromatic heterocycles. The van der Waals surface area contributed by atoms with Crippen LogP contribution in [0.5, 0.6) is 0 Å². The maximum atomic E-state index is 14.3. The van der Waals surface area contributed by atoms with Crippen LogP contribution in [0, 0.1) is 0 Å². The highest BCUT2D eigenvalue weighted by atomic mass is 32.2. The molecule has 0 aliphatic carbocycles. The van der Waals surface area contributed by atoms with E-state index in [2.05, 4.69) is 5.32 Å². The zero-order valence-electron chi connectivity index (χ0n) is 23.3. The number of benzene rings is 2. The van der Waals surface area contributed by atoms with Crippen molar-refractivity contribution in [2.75, 3.05) is 58.4 Å². The van der Waals surface area contributed by atoms with Crippen molar-refractivity contribution in [2.45, 2.75) is 41.0 Å². The van der Waals surface area contributed by atoms with E-state index in [-0.39, 0.29) is 44.9 Å². The van der Waals surface area contributed by atoms with Gasteiger partial charge in [-0.1, -0.05) is 23.9 Å². The Kier molecular flexibility index (Phi) is 10.7. The van der Waals surface area contributed by atoms with Crippen LogP contribution in [0.25, 0.3) is 6.08 Å². The highest BCUT2D eigenvalue weighted by molar-refractivity contribution is 7.99. The van der Waals surface area contributed by atoms with E-state index in [1.807, 2.05) is 0 Å². The van der Waals surface area contributed by atoms with Gasteiger partial charge in [0.15, 0.2) is 0 Å². The number of piperidine rings is 1. The molecule has 43 heavy (non-hydrogen) atoms. The van der Waals surface area contributed by atoms with Crippen LogP contribution in [0.4, 0.5) is 32.0 Å². The number of hydrogen-bond acceptors (Lipinski definition) is 6. The minimum Gasteiger partial charge on any atom is -0.382 e. The van der Waals surface area contributed by atoms with E-state index in [1.165, 1.54) is 18.1 Å². The van der Waals surface area contributed by atoms with Crippen molar-refractivity contribution in [3.8, 4) is 0 Å². The molecule has 2 heterocycles. The lowest BCUT2D eigenvalue weighted by Crippen LogP contribution is -2.43. The van der Waals surface area contributed by atoms with Gasteiger partial charge in [-0.15, -0.1) is 0 Å². The second-order valence-corrected chi connectivity index (χ2v) is 11.1. The Morgan fingerprint density at radius 1 is 0.977 bits per heavy atom. The van der Waals surface area contributed by atoms with E-state index in [0.717, 1.165) is 24.3 Å². The van der Waals surface area contributed by atoms with E-state index in [4.69, 9.17) is 9.47 Å². The largest absolute Gasteiger partial charge is 0.418 e. The van der Waals surface area contributed by atoms with Crippen LogP contribution < -0.4 is 5.32 Å². The molecule has 2 aliphatic heterocycles. The van der Waals surface area contributed by atoms with Crippen LogP contribution in [0.1, 0.15) is 29.5 Å². The lowest BCUT2D eigenvalue weighted by molar-refractivity contribution is -0.163. The van der Waals surface area contributed by atoms with Crippen LogP contribution in [0.3, 0.4) is 0 Å². The smallest absolute Gasteiger partial charge is 0.382 e. The zero-order valence-corrected chi connectivity index (χ0v) is 24.1. The molecule has 2 fully saturated rings. The van der Waals surface area contributed by atoms with Crippen LogP contribution in [0.15, 0.2) is 52.3 Å². The number of nitrogens with one attached hydrogen (secondary N) is 1. The van der Waals surface area contributed by atoms with Gasteiger partial charge in [-0.2, -0.15) is 26.3 Å². The Balaban J connectivity index is 1.56. The average molecular weight is 632 g/mol. The number of nitrogens with zero attached hydrogens (tertiary/aromatic N) is 2. The van der Waals surface area contributed by atoms with Gasteiger partial charge in [0, 0.05) is 60.9 Å². The first-order valence-corrected chi connectivity index (χ1v) is 14.4. The van der Waals surface area contributed by atoms with Gasteiger partial charge in [0.05, 0.1) is 24.3 Å². The van der Waals surface area contributed by atoms with Crippen LogP contribution >= 0.6 is 11.8 Å². The third-order valence-corrected chi connectivity index (χ3v) is 8.09. The first-order chi connectivity index (χ1) is 20.4. The molecule has 2 aromatic carbocycles. The number of anilines is 1. The quantitative estimate of drug-likeness (QED) is 0.294. The number of morpholine rings is 1. The maximum absolute atomic E-state index is 14.3. The standard InChI is InChI=1S/C29H31F6N3O4S/c1-41-18-25(40)37-11-9-20(10-12-37)36-21-3-2-4-22(17-21)43-23-7-5-19(6-8-24(39)38-13-15-42-16-14-38)26(28(30,31)32)27(23)29(33,34)35/h2-8,17,20,36H,9-16,18H2,1H3/b8-6+. The molecule has 14 heteroatoms. The molecule has 2 saturated heterocycles. The average Bonchev–Trinajstić information content (AvgIpc) is 2.96. The SMILES string of the molecule is COCC(=O)N1CCC(Nc2cccc(Sc3ccc(/C=C/C(=O)N4CCOCC4)c(C(F)(F)F)c3C(F)(F)F)c2)CC1. The molecular weight excluding hydrogens is 600 g/mol. The van der Waals surface area contributed by atoms with Crippen molar-refractivity contribution < 1.29 is 45.4 Å². The van der Waals surface area contributed by atoms with Crippen molar-refractivity contribution in [3.05, 3.63) is 59.2 Å². The topological polar surface area (TPSA) is 71.1 Å². The molecule has 0 spiro atoms. The maximum Gasteiger partial charge on any atom is 0.418 e. The van der Waals surface area contributed by atoms with Crippen molar-refractivity contribution >= 4 is 35.3 Å². The minimum atomic E-state index is -5.34. The summed E-state index contributed by atoms with van der Waals surface area (Å²) in [4.78, 5) is 27.2. The highest BCUT2D eigenvalue weighted by Gasteiger charge is 2.46. The molecular formula is C29H31F6N3O4S. The summed E-state index contributed by atoms with van der Waals surface area (Å²) < 4.78 is 95.4. The predicted octanol–water partition coefficient (Wildman–Crippen LogP) is 5.80. The van der Waals surface area contributed by atoms with Crippen LogP contribution in [-0.2, 0) is 31.4 Å². The van der Waals surface area contributed by atoms with E-state index in [1.54, 1.807) is 23.1 Å². The van der Waals surface area contributed by atoms with Crippen molar-refractivity contribution in [1.82, 2.24) is 9.80 Å². The normalized spacial score (nSPS) is 17.0. The number of methoxy groups -OCH3 is 1. The van der Waals surface area contributed by atoms with Gasteiger partial charge < -0.3 is 24.6 Å². The number of likely N-dealkylation sites (tertiary alicyclic amines) is 1. The monoisotopic (exact) mass is 631 g/mol. The van der Waals surface area contributed by atoms with Gasteiger partial charge in [-0.3, -0.25) is 9.59 Å². The van der Waals surface area contributed by atoms with Crippen LogP contribution in [0.2, 0.25) is 0 Å². The molecule has 7 nitrogen and oxygen atoms in total. The number of carbonyl (C=O) groups is 2. The fraction of sp³-hybridized carbons (Fsp3) is 0.448. The van der Waals surface area contributed by atoms with E-state index < -0.39 is 39.8 Å². The summed E-state index contributed by atoms with van der Waals surface area (Å²) in [7, 11) is 1.44. The lowest BCUT2D eigenvalue weighted by Gasteiger charge is -2.32. The molecule has 2 aliphatic rings. The molecule has 2 amide bonds. The molecule has 234 valence electrons. The molecule has 2 aromatic rings. The summed E-state index contributed by atoms with van der Waals surface area (Å²) in [6.45, 7) is 2.04. The fourth-order valence-electron chi connectivity index (χ4n) is 4.96. The molecule has 0 radical (unpaired) electrons. The van der Waals surface area contributed by atoms with Gasteiger partial charge >= 0.3 is 12.4 Å². The van der Waals surface area contributed by atoms with Gasteiger partial charge in [0.2, 0.25) is 11.8 Å². The van der Waals surface area contributed by atoms with Crippen molar-refractivity contribution in [2.24, 2.45) is 0 Å². The Morgan fingerprint density at radius 2 is 1.65 bits per heavy atom. The Hall–Kier alpha value is -3.23. The van der Waals surface area contributed by atoms with Gasteiger partial charge in [0.25, 0.3) is 0 Å². The number of halogens is 6. The van der Waals surface area contributed by atoms with Gasteiger partial charge in [-0.05, 0) is 48.7 Å². The Morgan fingerprint density at radius 3 is 2.28 bits per heavy atom. The van der Waals surface area contributed by atoms with E-state index in [0.29, 0.717) is 48.3 Å². The number of amides is 2. The third-order valence-electron chi connectivity index (χ3n) is 7.04. The first kappa shape index (κ1) is 32.7. The number of rotatable bonds is 8. The highest BCUT2D eigenvalue weighted by Crippen LogP contribution is 2.48. The lowest BCUT2D eigenvalue weighted by atomic mass is 9.99. The predicted molar refractivity (Wildman–Crippen MR) is 149 cm³/mol.